The molecule has 0 saturated heterocycles. The van der Waals surface area contributed by atoms with Crippen molar-refractivity contribution in [3.8, 4) is 0 Å². The Labute approximate surface area is 104 Å². The number of rotatable bonds is 4. The molecule has 5 heteroatoms. The van der Waals surface area contributed by atoms with Crippen molar-refractivity contribution in [2.75, 3.05) is 7.11 Å². The molecule has 0 N–H and O–H groups in total. The monoisotopic (exact) mass is 258 g/mol. The summed E-state index contributed by atoms with van der Waals surface area (Å²) in [5, 5.41) is -0.993. The van der Waals surface area contributed by atoms with Gasteiger partial charge in [0.2, 0.25) is 0 Å². The smallest absolute Gasteiger partial charge is 0.307 e. The van der Waals surface area contributed by atoms with Gasteiger partial charge in [0.05, 0.1) is 13.5 Å². The number of ketones is 1. The van der Waals surface area contributed by atoms with Gasteiger partial charge in [0.1, 0.15) is 11.2 Å². The van der Waals surface area contributed by atoms with E-state index in [1.807, 2.05) is 0 Å². The summed E-state index contributed by atoms with van der Waals surface area (Å²) in [5.74, 6) is -1.36. The number of halogens is 2. The number of alkyl halides is 1. The van der Waals surface area contributed by atoms with Crippen LogP contribution in [0, 0.1) is 12.7 Å². The van der Waals surface area contributed by atoms with E-state index in [0.717, 1.165) is 0 Å². The van der Waals surface area contributed by atoms with Crippen molar-refractivity contribution in [3.05, 3.63) is 35.1 Å². The maximum absolute atomic E-state index is 13.0. The molecule has 0 aliphatic carbocycles. The van der Waals surface area contributed by atoms with Gasteiger partial charge in [0.25, 0.3) is 0 Å². The topological polar surface area (TPSA) is 43.4 Å². The Morgan fingerprint density at radius 1 is 1.47 bits per heavy atom. The van der Waals surface area contributed by atoms with Crippen molar-refractivity contribution in [1.82, 2.24) is 0 Å². The predicted octanol–water partition coefficient (Wildman–Crippen LogP) is 2.49. The molecule has 1 unspecified atom stereocenters. The van der Waals surface area contributed by atoms with E-state index < -0.39 is 17.1 Å². The summed E-state index contributed by atoms with van der Waals surface area (Å²) in [6.45, 7) is 1.55. The van der Waals surface area contributed by atoms with Crippen LogP contribution in [0.15, 0.2) is 18.2 Å². The zero-order chi connectivity index (χ0) is 13.0. The van der Waals surface area contributed by atoms with E-state index in [2.05, 4.69) is 4.74 Å². The molecule has 1 rings (SSSR count). The van der Waals surface area contributed by atoms with Crippen LogP contribution < -0.4 is 0 Å². The van der Waals surface area contributed by atoms with E-state index in [1.165, 1.54) is 25.3 Å². The standard InChI is InChI=1S/C12H12ClFO3/c1-7-5-8(3-4-10(7)14)12(16)9(13)6-11(15)17-2/h3-5,9H,6H2,1-2H3. The number of carbonyl (C=O) groups is 2. The lowest BCUT2D eigenvalue weighted by Gasteiger charge is -2.08. The maximum atomic E-state index is 13.0. The molecular formula is C12H12ClFO3. The molecule has 0 saturated carbocycles. The van der Waals surface area contributed by atoms with Gasteiger partial charge in [-0.1, -0.05) is 0 Å². The number of benzene rings is 1. The third kappa shape index (κ3) is 3.53. The number of ether oxygens (including phenoxy) is 1. The van der Waals surface area contributed by atoms with E-state index in [1.54, 1.807) is 6.92 Å². The Balaban J connectivity index is 2.81. The summed E-state index contributed by atoms with van der Waals surface area (Å²) >= 11 is 5.79. The minimum atomic E-state index is -0.993. The maximum Gasteiger partial charge on any atom is 0.307 e. The molecule has 0 heterocycles. The second-order valence-electron chi connectivity index (χ2n) is 3.58. The average Bonchev–Trinajstić information content (AvgIpc) is 2.31. The third-order valence-corrected chi connectivity index (χ3v) is 2.65. The third-order valence-electron chi connectivity index (χ3n) is 2.30. The fourth-order valence-corrected chi connectivity index (χ4v) is 1.55. The van der Waals surface area contributed by atoms with E-state index in [9.17, 15) is 14.0 Å². The first-order chi connectivity index (χ1) is 7.95. The van der Waals surface area contributed by atoms with Crippen molar-refractivity contribution >= 4 is 23.4 Å². The summed E-state index contributed by atoms with van der Waals surface area (Å²) in [6.07, 6.45) is -0.201. The summed E-state index contributed by atoms with van der Waals surface area (Å²) in [5.41, 5.74) is 0.644. The van der Waals surface area contributed by atoms with Gasteiger partial charge >= 0.3 is 5.97 Å². The number of carbonyl (C=O) groups excluding carboxylic acids is 2. The van der Waals surface area contributed by atoms with E-state index in [0.29, 0.717) is 5.56 Å². The highest BCUT2D eigenvalue weighted by atomic mass is 35.5. The Morgan fingerprint density at radius 2 is 2.12 bits per heavy atom. The second-order valence-corrected chi connectivity index (χ2v) is 4.10. The van der Waals surface area contributed by atoms with Gasteiger partial charge in [0.15, 0.2) is 5.78 Å². The van der Waals surface area contributed by atoms with Crippen LogP contribution >= 0.6 is 11.6 Å². The SMILES string of the molecule is COC(=O)CC(Cl)C(=O)c1ccc(F)c(C)c1. The normalized spacial score (nSPS) is 12.0. The zero-order valence-electron chi connectivity index (χ0n) is 9.50. The van der Waals surface area contributed by atoms with Crippen molar-refractivity contribution in [1.29, 1.82) is 0 Å². The molecule has 1 atom stereocenters. The lowest BCUT2D eigenvalue weighted by Crippen LogP contribution is -2.19. The lowest BCUT2D eigenvalue weighted by atomic mass is 10.0. The molecule has 0 amide bonds. The van der Waals surface area contributed by atoms with Crippen LogP contribution in [0.5, 0.6) is 0 Å². The predicted molar refractivity (Wildman–Crippen MR) is 61.7 cm³/mol. The number of aryl methyl sites for hydroxylation is 1. The van der Waals surface area contributed by atoms with Gasteiger partial charge in [-0.25, -0.2) is 4.39 Å². The molecule has 0 aliphatic rings. The molecule has 17 heavy (non-hydrogen) atoms. The van der Waals surface area contributed by atoms with Crippen LogP contribution in [0.2, 0.25) is 0 Å². The number of hydrogen-bond donors (Lipinski definition) is 0. The highest BCUT2D eigenvalue weighted by molar-refractivity contribution is 6.34. The molecule has 0 aromatic heterocycles. The Hall–Kier alpha value is -1.42. The Morgan fingerprint density at radius 3 is 2.65 bits per heavy atom. The summed E-state index contributed by atoms with van der Waals surface area (Å²) in [6, 6.07) is 3.95. The number of esters is 1. The van der Waals surface area contributed by atoms with Crippen LogP contribution in [0.1, 0.15) is 22.3 Å². The number of hydrogen-bond acceptors (Lipinski definition) is 3. The highest BCUT2D eigenvalue weighted by Gasteiger charge is 2.21. The van der Waals surface area contributed by atoms with Gasteiger partial charge in [0, 0.05) is 5.56 Å². The van der Waals surface area contributed by atoms with Crippen LogP contribution in [-0.2, 0) is 9.53 Å². The van der Waals surface area contributed by atoms with E-state index in [-0.39, 0.29) is 17.8 Å². The van der Waals surface area contributed by atoms with Crippen molar-refractivity contribution in [3.63, 3.8) is 0 Å². The van der Waals surface area contributed by atoms with Crippen molar-refractivity contribution in [2.24, 2.45) is 0 Å². The first kappa shape index (κ1) is 13.6. The van der Waals surface area contributed by atoms with Gasteiger partial charge in [-0.2, -0.15) is 0 Å². The first-order valence-electron chi connectivity index (χ1n) is 4.97. The highest BCUT2D eigenvalue weighted by Crippen LogP contribution is 2.15. The molecule has 1 aromatic rings. The number of Topliss-reactive ketones (excluding diaryl/α,β-unsaturated/α-hetero) is 1. The molecule has 0 spiro atoms. The molecule has 92 valence electrons. The minimum Gasteiger partial charge on any atom is -0.469 e. The van der Waals surface area contributed by atoms with Crippen LogP contribution in [-0.4, -0.2) is 24.2 Å². The van der Waals surface area contributed by atoms with Gasteiger partial charge < -0.3 is 4.74 Å². The van der Waals surface area contributed by atoms with E-state index >= 15 is 0 Å². The minimum absolute atomic E-state index is 0.201. The van der Waals surface area contributed by atoms with Crippen LogP contribution in [0.4, 0.5) is 4.39 Å². The largest absolute Gasteiger partial charge is 0.469 e. The van der Waals surface area contributed by atoms with Crippen molar-refractivity contribution < 1.29 is 18.7 Å². The van der Waals surface area contributed by atoms with Gasteiger partial charge in [-0.3, -0.25) is 9.59 Å². The molecule has 0 bridgehead atoms. The van der Waals surface area contributed by atoms with Crippen LogP contribution in [0.3, 0.4) is 0 Å². The zero-order valence-corrected chi connectivity index (χ0v) is 10.3. The number of methoxy groups -OCH3 is 1. The molecule has 0 radical (unpaired) electrons. The average molecular weight is 259 g/mol. The first-order valence-corrected chi connectivity index (χ1v) is 5.40. The van der Waals surface area contributed by atoms with Crippen molar-refractivity contribution in [2.45, 2.75) is 18.7 Å². The Bertz CT molecular complexity index is 445. The fraction of sp³-hybridized carbons (Fsp3) is 0.333. The molecular weight excluding hydrogens is 247 g/mol. The summed E-state index contributed by atoms with van der Waals surface area (Å²) in [7, 11) is 1.22. The lowest BCUT2D eigenvalue weighted by molar-refractivity contribution is -0.140. The quantitative estimate of drug-likeness (QED) is 0.473. The van der Waals surface area contributed by atoms with Crippen LogP contribution in [0.25, 0.3) is 0 Å². The summed E-state index contributed by atoms with van der Waals surface area (Å²) < 4.78 is 17.4. The Kier molecular flexibility index (Phi) is 4.63. The second kappa shape index (κ2) is 5.77. The summed E-state index contributed by atoms with van der Waals surface area (Å²) in [4.78, 5) is 22.8. The van der Waals surface area contributed by atoms with Gasteiger partial charge in [-0.05, 0) is 30.7 Å². The molecule has 0 aliphatic heterocycles. The fourth-order valence-electron chi connectivity index (χ4n) is 1.30. The molecule has 3 nitrogen and oxygen atoms in total. The van der Waals surface area contributed by atoms with Gasteiger partial charge in [-0.15, -0.1) is 11.6 Å². The molecule has 0 fully saturated rings. The molecule has 1 aromatic carbocycles. The van der Waals surface area contributed by atoms with E-state index in [4.69, 9.17) is 11.6 Å².